The maximum absolute atomic E-state index is 12.1. The summed E-state index contributed by atoms with van der Waals surface area (Å²) in [7, 11) is 4.46. The van der Waals surface area contributed by atoms with Crippen LogP contribution in [0.25, 0.3) is 0 Å². The number of rotatable bonds is 7. The van der Waals surface area contributed by atoms with Crippen LogP contribution in [0.3, 0.4) is 0 Å². The molecule has 0 atom stereocenters. The summed E-state index contributed by atoms with van der Waals surface area (Å²) >= 11 is 0. The van der Waals surface area contributed by atoms with Gasteiger partial charge in [-0.25, -0.2) is 4.79 Å². The zero-order chi connectivity index (χ0) is 18.2. The Morgan fingerprint density at radius 3 is 2.32 bits per heavy atom. The number of methoxy groups -OCH3 is 3. The number of ether oxygens (including phenoxy) is 4. The van der Waals surface area contributed by atoms with Crippen molar-refractivity contribution in [3.63, 3.8) is 0 Å². The van der Waals surface area contributed by atoms with Gasteiger partial charge in [0.05, 0.1) is 27.0 Å². The van der Waals surface area contributed by atoms with Crippen molar-refractivity contribution in [2.45, 2.75) is 0 Å². The van der Waals surface area contributed by atoms with Gasteiger partial charge < -0.3 is 24.3 Å². The largest absolute Gasteiger partial charge is 0.497 e. The average Bonchev–Trinajstić information content (AvgIpc) is 2.66. The van der Waals surface area contributed by atoms with Crippen molar-refractivity contribution in [2.75, 3.05) is 33.3 Å². The van der Waals surface area contributed by atoms with E-state index in [9.17, 15) is 9.59 Å². The minimum atomic E-state index is -0.644. The molecule has 132 valence electrons. The minimum absolute atomic E-state index is 0.250. The maximum Gasteiger partial charge on any atom is 0.342 e. The Labute approximate surface area is 145 Å². The molecule has 0 unspecified atom stereocenters. The first kappa shape index (κ1) is 18.1. The molecule has 2 aromatic rings. The number of para-hydroxylation sites is 1. The summed E-state index contributed by atoms with van der Waals surface area (Å²) in [6.45, 7) is -0.438. The Kier molecular flexibility index (Phi) is 6.22. The molecule has 2 aromatic carbocycles. The van der Waals surface area contributed by atoms with Gasteiger partial charge in [0, 0.05) is 6.07 Å². The second-order valence-electron chi connectivity index (χ2n) is 4.89. The first-order valence-corrected chi connectivity index (χ1v) is 7.41. The number of nitrogens with one attached hydrogen (secondary N) is 1. The molecule has 0 bridgehead atoms. The number of esters is 1. The van der Waals surface area contributed by atoms with E-state index >= 15 is 0 Å². The fourth-order valence-corrected chi connectivity index (χ4v) is 2.11. The van der Waals surface area contributed by atoms with Gasteiger partial charge in [-0.05, 0) is 24.3 Å². The predicted molar refractivity (Wildman–Crippen MR) is 91.5 cm³/mol. The fourth-order valence-electron chi connectivity index (χ4n) is 2.11. The van der Waals surface area contributed by atoms with E-state index in [-0.39, 0.29) is 5.56 Å². The zero-order valence-electron chi connectivity index (χ0n) is 14.2. The van der Waals surface area contributed by atoms with Gasteiger partial charge in [-0.15, -0.1) is 0 Å². The quantitative estimate of drug-likeness (QED) is 0.777. The van der Waals surface area contributed by atoms with E-state index in [1.165, 1.54) is 21.3 Å². The number of hydrogen-bond acceptors (Lipinski definition) is 6. The van der Waals surface area contributed by atoms with Crippen LogP contribution in [0.4, 0.5) is 5.69 Å². The van der Waals surface area contributed by atoms with Crippen molar-refractivity contribution in [2.24, 2.45) is 0 Å². The van der Waals surface area contributed by atoms with E-state index in [2.05, 4.69) is 5.32 Å². The second kappa shape index (κ2) is 8.58. The molecular formula is C18H19NO6. The molecule has 0 saturated carbocycles. The normalized spacial score (nSPS) is 9.88. The molecule has 0 aliphatic heterocycles. The second-order valence-corrected chi connectivity index (χ2v) is 4.89. The Morgan fingerprint density at radius 2 is 1.64 bits per heavy atom. The topological polar surface area (TPSA) is 83.1 Å². The standard InChI is InChI=1S/C18H19NO6/c1-22-12-8-9-14(16(10-12)24-3)19-17(20)11-25-18(21)13-6-4-5-7-15(13)23-2/h4-10H,11H2,1-3H3,(H,19,20). The van der Waals surface area contributed by atoms with Crippen LogP contribution in [0.1, 0.15) is 10.4 Å². The third-order valence-electron chi connectivity index (χ3n) is 3.34. The number of carbonyl (C=O) groups excluding carboxylic acids is 2. The molecule has 0 heterocycles. The lowest BCUT2D eigenvalue weighted by Gasteiger charge is -2.12. The van der Waals surface area contributed by atoms with Crippen LogP contribution in [-0.2, 0) is 9.53 Å². The number of amides is 1. The van der Waals surface area contributed by atoms with Gasteiger partial charge >= 0.3 is 5.97 Å². The minimum Gasteiger partial charge on any atom is -0.497 e. The molecule has 0 radical (unpaired) electrons. The van der Waals surface area contributed by atoms with Crippen LogP contribution in [-0.4, -0.2) is 39.8 Å². The molecule has 25 heavy (non-hydrogen) atoms. The molecule has 1 amide bonds. The van der Waals surface area contributed by atoms with E-state index in [0.717, 1.165) is 0 Å². The average molecular weight is 345 g/mol. The Bertz CT molecular complexity index is 759. The molecule has 7 nitrogen and oxygen atoms in total. The van der Waals surface area contributed by atoms with Gasteiger partial charge in [-0.1, -0.05) is 12.1 Å². The molecule has 7 heteroatoms. The van der Waals surface area contributed by atoms with E-state index < -0.39 is 18.5 Å². The molecule has 0 saturated heterocycles. The molecule has 0 spiro atoms. The highest BCUT2D eigenvalue weighted by molar-refractivity contribution is 5.97. The summed E-state index contributed by atoms with van der Waals surface area (Å²) in [5.74, 6) is 0.270. The lowest BCUT2D eigenvalue weighted by molar-refractivity contribution is -0.119. The lowest BCUT2D eigenvalue weighted by Crippen LogP contribution is -2.21. The Hall–Kier alpha value is -3.22. The van der Waals surface area contributed by atoms with Gasteiger partial charge in [0.1, 0.15) is 22.8 Å². The summed E-state index contributed by atoms with van der Waals surface area (Å²) in [6.07, 6.45) is 0. The van der Waals surface area contributed by atoms with Crippen LogP contribution in [0, 0.1) is 0 Å². The predicted octanol–water partition coefficient (Wildman–Crippen LogP) is 2.51. The zero-order valence-corrected chi connectivity index (χ0v) is 14.2. The fraction of sp³-hybridized carbons (Fsp3) is 0.222. The Morgan fingerprint density at radius 1 is 0.920 bits per heavy atom. The van der Waals surface area contributed by atoms with E-state index in [4.69, 9.17) is 18.9 Å². The van der Waals surface area contributed by atoms with Gasteiger partial charge in [-0.2, -0.15) is 0 Å². The molecule has 1 N–H and O–H groups in total. The SMILES string of the molecule is COc1ccc(NC(=O)COC(=O)c2ccccc2OC)c(OC)c1. The van der Waals surface area contributed by atoms with Crippen molar-refractivity contribution >= 4 is 17.6 Å². The highest BCUT2D eigenvalue weighted by Crippen LogP contribution is 2.29. The van der Waals surface area contributed by atoms with E-state index in [0.29, 0.717) is 22.9 Å². The number of carbonyl (C=O) groups is 2. The molecule has 0 fully saturated rings. The highest BCUT2D eigenvalue weighted by atomic mass is 16.5. The van der Waals surface area contributed by atoms with Crippen LogP contribution in [0.2, 0.25) is 0 Å². The van der Waals surface area contributed by atoms with Gasteiger partial charge in [0.2, 0.25) is 0 Å². The molecular weight excluding hydrogens is 326 g/mol. The molecule has 2 rings (SSSR count). The summed E-state index contributed by atoms with van der Waals surface area (Å²) in [5, 5.41) is 2.62. The van der Waals surface area contributed by atoms with Gasteiger partial charge in [0.15, 0.2) is 6.61 Å². The smallest absolute Gasteiger partial charge is 0.342 e. The summed E-state index contributed by atoms with van der Waals surface area (Å²) in [5.41, 5.74) is 0.696. The van der Waals surface area contributed by atoms with Crippen molar-refractivity contribution in [1.82, 2.24) is 0 Å². The third kappa shape index (κ3) is 4.63. The van der Waals surface area contributed by atoms with E-state index in [1.807, 2.05) is 0 Å². The van der Waals surface area contributed by atoms with Gasteiger partial charge in [-0.3, -0.25) is 4.79 Å². The van der Waals surface area contributed by atoms with Crippen LogP contribution >= 0.6 is 0 Å². The first-order valence-electron chi connectivity index (χ1n) is 7.41. The van der Waals surface area contributed by atoms with Crippen molar-refractivity contribution in [3.8, 4) is 17.2 Å². The van der Waals surface area contributed by atoms with Crippen molar-refractivity contribution in [3.05, 3.63) is 48.0 Å². The maximum atomic E-state index is 12.1. The number of hydrogen-bond donors (Lipinski definition) is 1. The van der Waals surface area contributed by atoms with Crippen LogP contribution in [0.5, 0.6) is 17.2 Å². The molecule has 0 aliphatic rings. The van der Waals surface area contributed by atoms with Crippen LogP contribution in [0.15, 0.2) is 42.5 Å². The Balaban J connectivity index is 1.98. The van der Waals surface area contributed by atoms with E-state index in [1.54, 1.807) is 42.5 Å². The van der Waals surface area contributed by atoms with Crippen molar-refractivity contribution in [1.29, 1.82) is 0 Å². The molecule has 0 aromatic heterocycles. The third-order valence-corrected chi connectivity index (χ3v) is 3.34. The van der Waals surface area contributed by atoms with Gasteiger partial charge in [0.25, 0.3) is 5.91 Å². The summed E-state index contributed by atoms with van der Waals surface area (Å²) < 4.78 is 20.4. The lowest BCUT2D eigenvalue weighted by atomic mass is 10.2. The van der Waals surface area contributed by atoms with Crippen molar-refractivity contribution < 1.29 is 28.5 Å². The molecule has 0 aliphatic carbocycles. The monoisotopic (exact) mass is 345 g/mol. The summed E-state index contributed by atoms with van der Waals surface area (Å²) in [4.78, 5) is 24.1. The van der Waals surface area contributed by atoms with Crippen LogP contribution < -0.4 is 19.5 Å². The number of benzene rings is 2. The highest BCUT2D eigenvalue weighted by Gasteiger charge is 2.15. The first-order chi connectivity index (χ1) is 12.1. The summed E-state index contributed by atoms with van der Waals surface area (Å²) in [6, 6.07) is 11.6. The number of anilines is 1.